The average molecular weight is 462 g/mol. The van der Waals surface area contributed by atoms with Gasteiger partial charge in [-0.1, -0.05) is 12.7 Å². The van der Waals surface area contributed by atoms with Crippen LogP contribution in [0.4, 0.5) is 5.82 Å². The minimum atomic E-state index is 0.342. The monoisotopic (exact) mass is 462 g/mol. The molecule has 2 aromatic rings. The molecular formula is C19H19IN4O2. The zero-order chi connectivity index (χ0) is 18.9. The van der Waals surface area contributed by atoms with Crippen molar-refractivity contribution >= 4 is 34.6 Å². The van der Waals surface area contributed by atoms with Gasteiger partial charge in [-0.3, -0.25) is 5.43 Å². The summed E-state index contributed by atoms with van der Waals surface area (Å²) in [6.07, 6.45) is 3.37. The smallest absolute Gasteiger partial charge is 0.164 e. The number of aromatic nitrogens is 1. The maximum absolute atomic E-state index is 9.41. The fourth-order valence-corrected chi connectivity index (χ4v) is 2.94. The number of ether oxygens (including phenoxy) is 2. The van der Waals surface area contributed by atoms with Gasteiger partial charge >= 0.3 is 0 Å². The number of benzene rings is 1. The molecule has 0 unspecified atom stereocenters. The molecule has 6 nitrogen and oxygen atoms in total. The lowest BCUT2D eigenvalue weighted by Gasteiger charge is -2.09. The number of nitriles is 1. The van der Waals surface area contributed by atoms with Crippen molar-refractivity contribution in [3.05, 3.63) is 62.9 Å². The highest BCUT2D eigenvalue weighted by atomic mass is 127. The van der Waals surface area contributed by atoms with Crippen LogP contribution in [-0.4, -0.2) is 24.9 Å². The van der Waals surface area contributed by atoms with E-state index in [-0.39, 0.29) is 0 Å². The van der Waals surface area contributed by atoms with Gasteiger partial charge in [0.1, 0.15) is 24.0 Å². The Balaban J connectivity index is 2.17. The quantitative estimate of drug-likeness (QED) is 0.278. The highest BCUT2D eigenvalue weighted by molar-refractivity contribution is 14.1. The number of aryl methyl sites for hydroxylation is 1. The number of pyridine rings is 1. The number of rotatable bonds is 8. The summed E-state index contributed by atoms with van der Waals surface area (Å²) in [6, 6.07) is 9.73. The van der Waals surface area contributed by atoms with Crippen molar-refractivity contribution in [2.45, 2.75) is 13.5 Å². The summed E-state index contributed by atoms with van der Waals surface area (Å²) in [4.78, 5) is 4.35. The van der Waals surface area contributed by atoms with Crippen molar-refractivity contribution < 1.29 is 9.47 Å². The van der Waals surface area contributed by atoms with E-state index in [1.54, 1.807) is 19.4 Å². The molecule has 0 saturated heterocycles. The fourth-order valence-electron chi connectivity index (χ4n) is 2.25. The second kappa shape index (κ2) is 9.89. The summed E-state index contributed by atoms with van der Waals surface area (Å²) in [6.45, 7) is 6.30. The number of anilines is 1. The van der Waals surface area contributed by atoms with Crippen LogP contribution in [0.1, 0.15) is 22.4 Å². The van der Waals surface area contributed by atoms with Gasteiger partial charge in [-0.2, -0.15) is 10.4 Å². The molecule has 0 amide bonds. The van der Waals surface area contributed by atoms with Crippen LogP contribution < -0.4 is 10.2 Å². The number of hydrogen-bond donors (Lipinski definition) is 1. The van der Waals surface area contributed by atoms with E-state index in [1.165, 1.54) is 0 Å². The van der Waals surface area contributed by atoms with E-state index < -0.39 is 0 Å². The van der Waals surface area contributed by atoms with Crippen LogP contribution in [0.25, 0.3) is 0 Å². The summed E-state index contributed by atoms with van der Waals surface area (Å²) in [5, 5.41) is 13.6. The van der Waals surface area contributed by atoms with Gasteiger partial charge in [0.05, 0.1) is 16.4 Å². The fraction of sp³-hybridized carbons (Fsp3) is 0.211. The molecule has 1 N–H and O–H groups in total. The summed E-state index contributed by atoms with van der Waals surface area (Å²) >= 11 is 2.21. The predicted octanol–water partition coefficient (Wildman–Crippen LogP) is 4.02. The van der Waals surface area contributed by atoms with E-state index in [0.29, 0.717) is 24.6 Å². The van der Waals surface area contributed by atoms with Crippen molar-refractivity contribution in [2.24, 2.45) is 5.10 Å². The molecule has 0 aliphatic carbocycles. The number of halogens is 1. The Morgan fingerprint density at radius 3 is 2.88 bits per heavy atom. The van der Waals surface area contributed by atoms with Crippen molar-refractivity contribution in [3.8, 4) is 11.8 Å². The Kier molecular flexibility index (Phi) is 7.56. The Morgan fingerprint density at radius 1 is 1.42 bits per heavy atom. The Morgan fingerprint density at radius 2 is 2.23 bits per heavy atom. The van der Waals surface area contributed by atoms with Crippen LogP contribution in [-0.2, 0) is 11.3 Å². The van der Waals surface area contributed by atoms with E-state index in [9.17, 15) is 5.26 Å². The highest BCUT2D eigenvalue weighted by Gasteiger charge is 2.10. The minimum Gasteiger partial charge on any atom is -0.488 e. The van der Waals surface area contributed by atoms with E-state index in [1.807, 2.05) is 31.2 Å². The maximum atomic E-state index is 9.41. The zero-order valence-corrected chi connectivity index (χ0v) is 16.8. The third-order valence-electron chi connectivity index (χ3n) is 3.34. The van der Waals surface area contributed by atoms with Gasteiger partial charge < -0.3 is 9.47 Å². The lowest BCUT2D eigenvalue weighted by molar-refractivity contribution is 0.184. The Bertz CT molecular complexity index is 859. The van der Waals surface area contributed by atoms with E-state index in [2.05, 4.69) is 50.8 Å². The Labute approximate surface area is 166 Å². The van der Waals surface area contributed by atoms with Crippen LogP contribution in [0.5, 0.6) is 5.75 Å². The molecule has 0 aliphatic heterocycles. The van der Waals surface area contributed by atoms with Crippen LogP contribution in [0.2, 0.25) is 0 Å². The molecule has 0 fully saturated rings. The largest absolute Gasteiger partial charge is 0.488 e. The van der Waals surface area contributed by atoms with Gasteiger partial charge in [-0.15, -0.1) is 0 Å². The molecule has 134 valence electrons. The van der Waals surface area contributed by atoms with Gasteiger partial charge in [0, 0.05) is 18.4 Å². The summed E-state index contributed by atoms with van der Waals surface area (Å²) in [5.74, 6) is 1.21. The number of nitrogens with one attached hydrogen (secondary N) is 1. The first kappa shape index (κ1) is 19.9. The standard InChI is InChI=1S/C19H19IN4O2/c1-4-7-26-18-6-5-14(9-17(18)20)11-22-24-19-16(10-21)15(12-25-3)8-13(2)23-19/h4-6,8-9,11H,1,7,12H2,2-3H3,(H,23,24). The van der Waals surface area contributed by atoms with E-state index >= 15 is 0 Å². The summed E-state index contributed by atoms with van der Waals surface area (Å²) < 4.78 is 11.7. The second-order valence-corrected chi connectivity index (χ2v) is 6.51. The molecule has 1 heterocycles. The molecule has 0 bridgehead atoms. The second-order valence-electron chi connectivity index (χ2n) is 5.35. The third-order valence-corrected chi connectivity index (χ3v) is 4.18. The van der Waals surface area contributed by atoms with Crippen molar-refractivity contribution in [2.75, 3.05) is 19.1 Å². The minimum absolute atomic E-state index is 0.342. The molecule has 0 saturated carbocycles. The lowest BCUT2D eigenvalue weighted by Crippen LogP contribution is -2.03. The average Bonchev–Trinajstić information content (AvgIpc) is 2.61. The maximum Gasteiger partial charge on any atom is 0.164 e. The third kappa shape index (κ3) is 5.28. The Hall–Kier alpha value is -2.44. The van der Waals surface area contributed by atoms with Gasteiger partial charge in [-0.25, -0.2) is 4.98 Å². The van der Waals surface area contributed by atoms with E-state index in [4.69, 9.17) is 9.47 Å². The number of hydrogen-bond acceptors (Lipinski definition) is 6. The lowest BCUT2D eigenvalue weighted by atomic mass is 10.1. The molecule has 0 spiro atoms. The predicted molar refractivity (Wildman–Crippen MR) is 110 cm³/mol. The first-order valence-electron chi connectivity index (χ1n) is 7.81. The van der Waals surface area contributed by atoms with Crippen molar-refractivity contribution in [3.63, 3.8) is 0 Å². The van der Waals surface area contributed by atoms with Crippen molar-refractivity contribution in [1.82, 2.24) is 4.98 Å². The van der Waals surface area contributed by atoms with Crippen molar-refractivity contribution in [1.29, 1.82) is 5.26 Å². The molecule has 1 aromatic carbocycles. The van der Waals surface area contributed by atoms with Gasteiger partial charge in [0.15, 0.2) is 5.82 Å². The van der Waals surface area contributed by atoms with Crippen LogP contribution in [0.3, 0.4) is 0 Å². The van der Waals surface area contributed by atoms with Gasteiger partial charge in [0.25, 0.3) is 0 Å². The SMILES string of the molecule is C=CCOc1ccc(C=NNc2nc(C)cc(COC)c2C#N)cc1I. The first-order valence-corrected chi connectivity index (χ1v) is 8.88. The number of hydrazone groups is 1. The topological polar surface area (TPSA) is 79.5 Å². The number of nitrogens with zero attached hydrogens (tertiary/aromatic N) is 3. The first-order chi connectivity index (χ1) is 12.6. The summed E-state index contributed by atoms with van der Waals surface area (Å²) in [5.41, 5.74) is 5.74. The summed E-state index contributed by atoms with van der Waals surface area (Å²) in [7, 11) is 1.59. The van der Waals surface area contributed by atoms with Crippen LogP contribution >= 0.6 is 22.6 Å². The van der Waals surface area contributed by atoms with E-state index in [0.717, 1.165) is 26.1 Å². The molecule has 0 radical (unpaired) electrons. The molecule has 0 atom stereocenters. The molecule has 26 heavy (non-hydrogen) atoms. The molecule has 7 heteroatoms. The molecule has 0 aliphatic rings. The van der Waals surface area contributed by atoms with Crippen LogP contribution in [0.15, 0.2) is 42.0 Å². The molecule has 2 rings (SSSR count). The highest BCUT2D eigenvalue weighted by Crippen LogP contribution is 2.22. The normalized spacial score (nSPS) is 10.5. The molecular weight excluding hydrogens is 443 g/mol. The zero-order valence-electron chi connectivity index (χ0n) is 14.6. The molecule has 1 aromatic heterocycles. The van der Waals surface area contributed by atoms with Gasteiger partial charge in [-0.05, 0) is 59.3 Å². The van der Waals surface area contributed by atoms with Gasteiger partial charge in [0.2, 0.25) is 0 Å². The number of methoxy groups -OCH3 is 1. The van der Waals surface area contributed by atoms with Crippen LogP contribution in [0, 0.1) is 21.8 Å².